The molecule has 0 aliphatic rings. The van der Waals surface area contributed by atoms with Crippen molar-refractivity contribution >= 4 is 10.9 Å². The second kappa shape index (κ2) is 4.47. The maximum absolute atomic E-state index is 5.27. The van der Waals surface area contributed by atoms with Gasteiger partial charge in [-0.15, -0.1) is 0 Å². The molecule has 0 saturated carbocycles. The lowest BCUT2D eigenvalue weighted by molar-refractivity contribution is 0.356. The average Bonchev–Trinajstić information content (AvgIpc) is 2.68. The standard InChI is InChI=1S/C13H17NO2/c1-4-5-10-6-9-7-12(15-2)13(16-3)8-11(9)14-10/h6-8,14H,4-5H2,1-3H3. The molecule has 0 saturated heterocycles. The van der Waals surface area contributed by atoms with Gasteiger partial charge in [0.25, 0.3) is 0 Å². The molecule has 1 aromatic heterocycles. The van der Waals surface area contributed by atoms with E-state index in [2.05, 4.69) is 18.0 Å². The Balaban J connectivity index is 2.51. The second-order valence-electron chi connectivity index (χ2n) is 3.84. The molecule has 1 aromatic carbocycles. The smallest absolute Gasteiger partial charge is 0.162 e. The highest BCUT2D eigenvalue weighted by molar-refractivity contribution is 5.84. The molecular formula is C13H17NO2. The van der Waals surface area contributed by atoms with Crippen molar-refractivity contribution in [3.63, 3.8) is 0 Å². The summed E-state index contributed by atoms with van der Waals surface area (Å²) in [5, 5.41) is 1.17. The van der Waals surface area contributed by atoms with Crippen molar-refractivity contribution in [2.75, 3.05) is 14.2 Å². The molecule has 2 aromatic rings. The summed E-state index contributed by atoms with van der Waals surface area (Å²) in [4.78, 5) is 3.39. The van der Waals surface area contributed by atoms with Crippen LogP contribution in [0, 0.1) is 0 Å². The van der Waals surface area contributed by atoms with Crippen molar-refractivity contribution in [2.24, 2.45) is 0 Å². The number of aryl methyl sites for hydroxylation is 1. The van der Waals surface area contributed by atoms with E-state index >= 15 is 0 Å². The lowest BCUT2D eigenvalue weighted by atomic mass is 10.2. The first-order valence-electron chi connectivity index (χ1n) is 5.52. The number of fused-ring (bicyclic) bond motifs is 1. The van der Waals surface area contributed by atoms with E-state index < -0.39 is 0 Å². The van der Waals surface area contributed by atoms with Gasteiger partial charge in [-0.1, -0.05) is 13.3 Å². The second-order valence-corrected chi connectivity index (χ2v) is 3.84. The minimum atomic E-state index is 0.764. The molecule has 0 unspecified atom stereocenters. The lowest BCUT2D eigenvalue weighted by Crippen LogP contribution is -1.89. The van der Waals surface area contributed by atoms with Gasteiger partial charge in [-0.2, -0.15) is 0 Å². The van der Waals surface area contributed by atoms with E-state index in [4.69, 9.17) is 9.47 Å². The number of hydrogen-bond donors (Lipinski definition) is 1. The quantitative estimate of drug-likeness (QED) is 0.857. The number of ether oxygens (including phenoxy) is 2. The summed E-state index contributed by atoms with van der Waals surface area (Å²) in [5.41, 5.74) is 2.36. The maximum atomic E-state index is 5.27. The van der Waals surface area contributed by atoms with E-state index in [0.29, 0.717) is 0 Å². The topological polar surface area (TPSA) is 34.2 Å². The number of benzene rings is 1. The van der Waals surface area contributed by atoms with E-state index in [1.807, 2.05) is 12.1 Å². The summed E-state index contributed by atoms with van der Waals surface area (Å²) in [7, 11) is 3.31. The molecule has 0 aliphatic heterocycles. The highest BCUT2D eigenvalue weighted by Crippen LogP contribution is 2.32. The summed E-state index contributed by atoms with van der Waals surface area (Å²) >= 11 is 0. The van der Waals surface area contributed by atoms with E-state index in [-0.39, 0.29) is 0 Å². The van der Waals surface area contributed by atoms with Gasteiger partial charge in [0.15, 0.2) is 11.5 Å². The number of aromatic nitrogens is 1. The van der Waals surface area contributed by atoms with Crippen LogP contribution in [0.1, 0.15) is 19.0 Å². The largest absolute Gasteiger partial charge is 0.493 e. The molecule has 0 radical (unpaired) electrons. The van der Waals surface area contributed by atoms with Crippen LogP contribution in [0.3, 0.4) is 0 Å². The fourth-order valence-electron chi connectivity index (χ4n) is 1.92. The summed E-state index contributed by atoms with van der Waals surface area (Å²) in [5.74, 6) is 1.54. The summed E-state index contributed by atoms with van der Waals surface area (Å²) in [6.45, 7) is 2.17. The maximum Gasteiger partial charge on any atom is 0.162 e. The first-order valence-corrected chi connectivity index (χ1v) is 5.52. The van der Waals surface area contributed by atoms with Crippen LogP contribution < -0.4 is 9.47 Å². The summed E-state index contributed by atoms with van der Waals surface area (Å²) < 4.78 is 10.5. The first-order chi connectivity index (χ1) is 7.78. The third kappa shape index (κ3) is 1.85. The van der Waals surface area contributed by atoms with E-state index in [1.165, 1.54) is 11.1 Å². The van der Waals surface area contributed by atoms with Crippen molar-refractivity contribution in [3.05, 3.63) is 23.9 Å². The zero-order chi connectivity index (χ0) is 11.5. The van der Waals surface area contributed by atoms with Crippen LogP contribution in [0.15, 0.2) is 18.2 Å². The number of rotatable bonds is 4. The van der Waals surface area contributed by atoms with Gasteiger partial charge in [0.2, 0.25) is 0 Å². The minimum Gasteiger partial charge on any atom is -0.493 e. The molecule has 3 nitrogen and oxygen atoms in total. The number of nitrogens with one attached hydrogen (secondary N) is 1. The average molecular weight is 219 g/mol. The van der Waals surface area contributed by atoms with Crippen molar-refractivity contribution < 1.29 is 9.47 Å². The van der Waals surface area contributed by atoms with E-state index in [1.54, 1.807) is 14.2 Å². The van der Waals surface area contributed by atoms with Crippen LogP contribution in [0.5, 0.6) is 11.5 Å². The summed E-state index contributed by atoms with van der Waals surface area (Å²) in [6.07, 6.45) is 2.21. The van der Waals surface area contributed by atoms with E-state index in [0.717, 1.165) is 29.9 Å². The Morgan fingerprint density at radius 1 is 1.06 bits per heavy atom. The monoisotopic (exact) mass is 219 g/mol. The van der Waals surface area contributed by atoms with Crippen LogP contribution in [0.2, 0.25) is 0 Å². The van der Waals surface area contributed by atoms with Gasteiger partial charge in [0.1, 0.15) is 0 Å². The fraction of sp³-hybridized carbons (Fsp3) is 0.385. The molecule has 0 fully saturated rings. The van der Waals surface area contributed by atoms with Crippen molar-refractivity contribution in [2.45, 2.75) is 19.8 Å². The highest BCUT2D eigenvalue weighted by atomic mass is 16.5. The predicted molar refractivity (Wildman–Crippen MR) is 65.4 cm³/mol. The first kappa shape index (κ1) is 10.9. The normalized spacial score (nSPS) is 10.7. The zero-order valence-electron chi connectivity index (χ0n) is 9.96. The Morgan fingerprint density at radius 3 is 2.38 bits per heavy atom. The highest BCUT2D eigenvalue weighted by Gasteiger charge is 2.07. The molecule has 2 rings (SSSR count). The Bertz CT molecular complexity index is 447. The molecule has 86 valence electrons. The predicted octanol–water partition coefficient (Wildman–Crippen LogP) is 3.14. The summed E-state index contributed by atoms with van der Waals surface area (Å²) in [6, 6.07) is 6.15. The molecule has 0 aliphatic carbocycles. The lowest BCUT2D eigenvalue weighted by Gasteiger charge is -2.06. The third-order valence-corrected chi connectivity index (χ3v) is 2.70. The van der Waals surface area contributed by atoms with E-state index in [9.17, 15) is 0 Å². The molecule has 0 amide bonds. The Morgan fingerprint density at radius 2 is 1.75 bits per heavy atom. The minimum absolute atomic E-state index is 0.764. The van der Waals surface area contributed by atoms with Crippen LogP contribution in [-0.2, 0) is 6.42 Å². The zero-order valence-corrected chi connectivity index (χ0v) is 9.96. The van der Waals surface area contributed by atoms with Crippen LogP contribution in [-0.4, -0.2) is 19.2 Å². The molecule has 16 heavy (non-hydrogen) atoms. The number of H-pyrrole nitrogens is 1. The Kier molecular flexibility index (Phi) is 3.04. The molecule has 0 atom stereocenters. The van der Waals surface area contributed by atoms with Crippen molar-refractivity contribution in [1.29, 1.82) is 0 Å². The molecule has 3 heteroatoms. The Hall–Kier alpha value is -1.64. The third-order valence-electron chi connectivity index (χ3n) is 2.70. The molecule has 1 heterocycles. The molecule has 1 N–H and O–H groups in total. The number of methoxy groups -OCH3 is 2. The number of aromatic amines is 1. The van der Waals surface area contributed by atoms with Crippen LogP contribution in [0.4, 0.5) is 0 Å². The number of hydrogen-bond acceptors (Lipinski definition) is 2. The molecule has 0 bridgehead atoms. The van der Waals surface area contributed by atoms with Crippen molar-refractivity contribution in [1.82, 2.24) is 4.98 Å². The van der Waals surface area contributed by atoms with Gasteiger partial charge in [0.05, 0.1) is 14.2 Å². The van der Waals surface area contributed by atoms with Gasteiger partial charge >= 0.3 is 0 Å². The fourth-order valence-corrected chi connectivity index (χ4v) is 1.92. The van der Waals surface area contributed by atoms with Crippen molar-refractivity contribution in [3.8, 4) is 11.5 Å². The van der Waals surface area contributed by atoms with Gasteiger partial charge < -0.3 is 14.5 Å². The van der Waals surface area contributed by atoms with Crippen LogP contribution in [0.25, 0.3) is 10.9 Å². The molecule has 0 spiro atoms. The van der Waals surface area contributed by atoms with Gasteiger partial charge in [-0.25, -0.2) is 0 Å². The Labute approximate surface area is 95.4 Å². The van der Waals surface area contributed by atoms with Gasteiger partial charge in [-0.3, -0.25) is 0 Å². The van der Waals surface area contributed by atoms with Crippen LogP contribution >= 0.6 is 0 Å². The SMILES string of the molecule is CCCc1cc2cc(OC)c(OC)cc2[nH]1. The molecular weight excluding hydrogens is 202 g/mol. The van der Waals surface area contributed by atoms with Gasteiger partial charge in [-0.05, 0) is 18.6 Å². The van der Waals surface area contributed by atoms with Gasteiger partial charge in [0, 0.05) is 22.7 Å².